The zero-order chi connectivity index (χ0) is 17.9. The minimum atomic E-state index is -2.80. The number of aliphatic hydroxyl groups is 1. The predicted molar refractivity (Wildman–Crippen MR) is 75.3 cm³/mol. The number of carbonyl (C=O) groups excluding carboxylic acids is 3. The molecule has 0 fully saturated rings. The highest BCUT2D eigenvalue weighted by Crippen LogP contribution is 2.18. The number of hydrogen-bond acceptors (Lipinski definition) is 9. The highest BCUT2D eigenvalue weighted by atomic mass is 17.2. The fraction of sp³-hybridized carbons (Fsp3) is 0.0769. The van der Waals surface area contributed by atoms with Crippen LogP contribution in [-0.2, 0) is 20.5 Å². The molecule has 0 saturated heterocycles. The fourth-order valence-electron chi connectivity index (χ4n) is 1.79. The van der Waals surface area contributed by atoms with Crippen molar-refractivity contribution in [2.45, 2.75) is 5.91 Å². The van der Waals surface area contributed by atoms with Crippen LogP contribution >= 0.6 is 0 Å². The van der Waals surface area contributed by atoms with Crippen LogP contribution in [0.1, 0.15) is 9.59 Å². The lowest BCUT2D eigenvalue weighted by Gasteiger charge is -2.24. The Balaban J connectivity index is 1.80. The van der Waals surface area contributed by atoms with Crippen molar-refractivity contribution in [1.29, 1.82) is 0 Å². The molecule has 0 aliphatic rings. The average Bonchev–Trinajstić information content (AvgIpc) is 3.38. The van der Waals surface area contributed by atoms with Gasteiger partial charge in [-0.05, 0) is 0 Å². The second-order valence-electron chi connectivity index (χ2n) is 4.58. The number of carbonyl (C=O) groups is 3. The standard InChI is InChI=1S/C13H10N6O6/c20-10(17-4-1-14-7-17)11(21)24-25-13(23,19-6-3-16-9-19)12(22)18-5-2-15-8-18/h1-9,23H. The molecule has 128 valence electrons. The van der Waals surface area contributed by atoms with E-state index in [0.29, 0.717) is 0 Å². The smallest absolute Gasteiger partial charge is 0.338 e. The minimum Gasteiger partial charge on any atom is -0.338 e. The molecule has 3 heterocycles. The topological polar surface area (TPSA) is 143 Å². The zero-order valence-corrected chi connectivity index (χ0v) is 12.4. The third-order valence-electron chi connectivity index (χ3n) is 3.02. The van der Waals surface area contributed by atoms with Crippen molar-refractivity contribution in [3.63, 3.8) is 0 Å². The average molecular weight is 346 g/mol. The fourth-order valence-corrected chi connectivity index (χ4v) is 1.79. The summed E-state index contributed by atoms with van der Waals surface area (Å²) < 4.78 is 2.56. The van der Waals surface area contributed by atoms with Crippen LogP contribution in [0.15, 0.2) is 56.2 Å². The lowest BCUT2D eigenvalue weighted by atomic mass is 10.4. The van der Waals surface area contributed by atoms with Gasteiger partial charge in [-0.15, -0.1) is 4.89 Å². The molecule has 1 atom stereocenters. The first kappa shape index (κ1) is 16.2. The summed E-state index contributed by atoms with van der Waals surface area (Å²) in [5, 5.41) is 10.6. The number of aromatic nitrogens is 6. The molecule has 0 saturated carbocycles. The van der Waals surface area contributed by atoms with Gasteiger partial charge < -0.3 is 5.11 Å². The summed E-state index contributed by atoms with van der Waals surface area (Å²) in [6.07, 6.45) is 10.7. The van der Waals surface area contributed by atoms with Gasteiger partial charge in [0.05, 0.1) is 6.33 Å². The maximum Gasteiger partial charge on any atom is 0.431 e. The van der Waals surface area contributed by atoms with Crippen LogP contribution in [0.2, 0.25) is 0 Å². The third-order valence-corrected chi connectivity index (χ3v) is 3.02. The summed E-state index contributed by atoms with van der Waals surface area (Å²) in [6.45, 7) is 0. The van der Waals surface area contributed by atoms with Crippen molar-refractivity contribution in [2.75, 3.05) is 0 Å². The summed E-state index contributed by atoms with van der Waals surface area (Å²) in [4.78, 5) is 55.9. The van der Waals surface area contributed by atoms with Crippen molar-refractivity contribution in [3.05, 3.63) is 56.2 Å². The number of hydrogen-bond donors (Lipinski definition) is 1. The van der Waals surface area contributed by atoms with Crippen molar-refractivity contribution in [2.24, 2.45) is 0 Å². The Hall–Kier alpha value is -3.64. The molecule has 12 nitrogen and oxygen atoms in total. The summed E-state index contributed by atoms with van der Waals surface area (Å²) in [6, 6.07) is 0. The molecule has 0 radical (unpaired) electrons. The molecule has 25 heavy (non-hydrogen) atoms. The highest BCUT2D eigenvalue weighted by Gasteiger charge is 2.44. The molecule has 0 bridgehead atoms. The van der Waals surface area contributed by atoms with Gasteiger partial charge in [0, 0.05) is 37.2 Å². The lowest BCUT2D eigenvalue weighted by Crippen LogP contribution is -2.47. The molecule has 0 aliphatic carbocycles. The van der Waals surface area contributed by atoms with Crippen LogP contribution in [0.3, 0.4) is 0 Å². The second kappa shape index (κ2) is 6.46. The monoisotopic (exact) mass is 346 g/mol. The van der Waals surface area contributed by atoms with Gasteiger partial charge in [0.1, 0.15) is 12.7 Å². The van der Waals surface area contributed by atoms with Gasteiger partial charge >= 0.3 is 23.7 Å². The van der Waals surface area contributed by atoms with Crippen molar-refractivity contribution in [1.82, 2.24) is 28.7 Å². The summed E-state index contributed by atoms with van der Waals surface area (Å²) in [5.41, 5.74) is 0. The van der Waals surface area contributed by atoms with E-state index in [1.165, 1.54) is 37.2 Å². The third kappa shape index (κ3) is 3.06. The largest absolute Gasteiger partial charge is 0.431 e. The lowest BCUT2D eigenvalue weighted by molar-refractivity contribution is -0.402. The van der Waals surface area contributed by atoms with Crippen LogP contribution in [0, 0.1) is 0 Å². The van der Waals surface area contributed by atoms with E-state index in [0.717, 1.165) is 32.7 Å². The van der Waals surface area contributed by atoms with Gasteiger partial charge in [-0.2, -0.15) is 0 Å². The molecule has 0 aliphatic heterocycles. The highest BCUT2D eigenvalue weighted by molar-refractivity contribution is 6.33. The maximum absolute atomic E-state index is 12.4. The number of nitrogens with zero attached hydrogens (tertiary/aromatic N) is 6. The van der Waals surface area contributed by atoms with Gasteiger partial charge in [-0.25, -0.2) is 19.7 Å². The molecule has 0 spiro atoms. The van der Waals surface area contributed by atoms with E-state index in [9.17, 15) is 19.5 Å². The van der Waals surface area contributed by atoms with Gasteiger partial charge in [-0.3, -0.25) is 28.2 Å². The van der Waals surface area contributed by atoms with Crippen LogP contribution in [0.5, 0.6) is 0 Å². The van der Waals surface area contributed by atoms with E-state index in [2.05, 4.69) is 24.7 Å². The summed E-state index contributed by atoms with van der Waals surface area (Å²) >= 11 is 0. The molecular formula is C13H10N6O6. The molecule has 3 aromatic heterocycles. The molecule has 3 rings (SSSR count). The Labute approximate surface area is 138 Å². The van der Waals surface area contributed by atoms with E-state index < -0.39 is 23.7 Å². The summed E-state index contributed by atoms with van der Waals surface area (Å²) in [7, 11) is 0. The molecular weight excluding hydrogens is 336 g/mol. The van der Waals surface area contributed by atoms with Crippen LogP contribution < -0.4 is 0 Å². The van der Waals surface area contributed by atoms with Crippen molar-refractivity contribution >= 4 is 17.8 Å². The van der Waals surface area contributed by atoms with Crippen LogP contribution in [0.25, 0.3) is 0 Å². The van der Waals surface area contributed by atoms with Gasteiger partial charge in [-0.1, -0.05) is 0 Å². The molecule has 3 aromatic rings. The van der Waals surface area contributed by atoms with E-state index in [-0.39, 0.29) is 0 Å². The molecule has 1 N–H and O–H groups in total. The van der Waals surface area contributed by atoms with Crippen molar-refractivity contribution in [3.8, 4) is 0 Å². The molecule has 0 aromatic carbocycles. The zero-order valence-electron chi connectivity index (χ0n) is 12.4. The normalized spacial score (nSPS) is 13.2. The molecule has 0 amide bonds. The van der Waals surface area contributed by atoms with Crippen molar-refractivity contribution < 1.29 is 29.3 Å². The number of imidazole rings is 3. The quantitative estimate of drug-likeness (QED) is 0.273. The van der Waals surface area contributed by atoms with E-state index in [4.69, 9.17) is 0 Å². The molecule has 1 unspecified atom stereocenters. The first-order chi connectivity index (χ1) is 12.0. The Kier molecular flexibility index (Phi) is 4.20. The van der Waals surface area contributed by atoms with E-state index >= 15 is 0 Å². The van der Waals surface area contributed by atoms with Gasteiger partial charge in [0.15, 0.2) is 0 Å². The van der Waals surface area contributed by atoms with Gasteiger partial charge in [0.25, 0.3) is 0 Å². The van der Waals surface area contributed by atoms with Gasteiger partial charge in [0.2, 0.25) is 0 Å². The Bertz CT molecular complexity index is 872. The first-order valence-electron chi connectivity index (χ1n) is 6.68. The Morgan fingerprint density at radius 3 is 2.04 bits per heavy atom. The summed E-state index contributed by atoms with van der Waals surface area (Å²) in [5.74, 6) is -6.48. The first-order valence-corrected chi connectivity index (χ1v) is 6.68. The van der Waals surface area contributed by atoms with E-state index in [1.807, 2.05) is 0 Å². The number of rotatable bonds is 4. The van der Waals surface area contributed by atoms with Crippen LogP contribution in [0.4, 0.5) is 0 Å². The van der Waals surface area contributed by atoms with E-state index in [1.54, 1.807) is 0 Å². The SMILES string of the molecule is O=C(OOC(O)(C(=O)n1ccnc1)n1ccnc1)C(=O)n1ccnc1. The maximum atomic E-state index is 12.4. The predicted octanol–water partition coefficient (Wildman–Crippen LogP) is -0.966. The molecule has 12 heteroatoms. The second-order valence-corrected chi connectivity index (χ2v) is 4.58. The Morgan fingerprint density at radius 1 is 0.880 bits per heavy atom. The Morgan fingerprint density at radius 2 is 1.48 bits per heavy atom. The van der Waals surface area contributed by atoms with Crippen LogP contribution in [-0.4, -0.2) is 51.5 Å². The minimum absolute atomic E-state index is 0.833.